The Balaban J connectivity index is 2.35. The summed E-state index contributed by atoms with van der Waals surface area (Å²) < 4.78 is 6.23. The molecule has 0 saturated heterocycles. The molecule has 0 spiro atoms. The van der Waals surface area contributed by atoms with Crippen LogP contribution in [0.3, 0.4) is 0 Å². The molecule has 0 saturated carbocycles. The topological polar surface area (TPSA) is 90.5 Å². The molecule has 7 heteroatoms. The number of amides is 1. The molecule has 0 aliphatic rings. The normalized spacial score (nSPS) is 10.1. The molecule has 0 radical (unpaired) electrons. The van der Waals surface area contributed by atoms with E-state index >= 15 is 0 Å². The van der Waals surface area contributed by atoms with Crippen LogP contribution in [0.4, 0.5) is 5.69 Å². The number of anilines is 1. The number of likely N-dealkylation sites (N-methyl/N-ethyl adjacent to an activating group) is 1. The van der Waals surface area contributed by atoms with Gasteiger partial charge in [-0.3, -0.25) is 14.3 Å². The van der Waals surface area contributed by atoms with E-state index in [4.69, 9.17) is 10.5 Å². The number of nitrogens with zero attached hydrogens (tertiary/aromatic N) is 3. The van der Waals surface area contributed by atoms with Crippen LogP contribution >= 0.6 is 0 Å². The van der Waals surface area contributed by atoms with Crippen molar-refractivity contribution in [1.29, 1.82) is 0 Å². The summed E-state index contributed by atoms with van der Waals surface area (Å²) >= 11 is 0. The highest BCUT2D eigenvalue weighted by Gasteiger charge is 2.13. The van der Waals surface area contributed by atoms with Gasteiger partial charge in [0, 0.05) is 19.3 Å². The number of carbonyl (C=O) groups excluding carboxylic acids is 2. The predicted octanol–water partition coefficient (Wildman–Crippen LogP) is -0.123. The fourth-order valence-electron chi connectivity index (χ4n) is 1.45. The average molecular weight is 254 g/mol. The summed E-state index contributed by atoms with van der Waals surface area (Å²) in [6.07, 6.45) is 2.96. The lowest BCUT2D eigenvalue weighted by molar-refractivity contribution is -0.152. The molecule has 0 fully saturated rings. The summed E-state index contributed by atoms with van der Waals surface area (Å²) in [5.74, 6) is -0.716. The molecule has 1 rings (SSSR count). The van der Waals surface area contributed by atoms with Crippen molar-refractivity contribution in [2.24, 2.45) is 0 Å². The molecule has 0 atom stereocenters. The van der Waals surface area contributed by atoms with E-state index < -0.39 is 5.97 Å². The van der Waals surface area contributed by atoms with Crippen molar-refractivity contribution in [2.75, 3.05) is 25.4 Å². The SMILES string of the molecule is CCN(CC)C(=O)COC(=O)Cn1cc(N)cn1. The van der Waals surface area contributed by atoms with Crippen LogP contribution in [-0.2, 0) is 20.9 Å². The van der Waals surface area contributed by atoms with Gasteiger partial charge < -0.3 is 15.4 Å². The molecule has 0 aliphatic heterocycles. The number of esters is 1. The van der Waals surface area contributed by atoms with Crippen LogP contribution in [0.25, 0.3) is 0 Å². The second-order valence-corrected chi connectivity index (χ2v) is 3.70. The molecule has 18 heavy (non-hydrogen) atoms. The third-order valence-corrected chi connectivity index (χ3v) is 2.42. The van der Waals surface area contributed by atoms with Gasteiger partial charge in [0.15, 0.2) is 6.61 Å². The van der Waals surface area contributed by atoms with E-state index in [2.05, 4.69) is 5.10 Å². The van der Waals surface area contributed by atoms with Gasteiger partial charge in [-0.25, -0.2) is 0 Å². The molecule has 1 heterocycles. The Bertz CT molecular complexity index is 412. The van der Waals surface area contributed by atoms with Gasteiger partial charge in [0.1, 0.15) is 6.54 Å². The second-order valence-electron chi connectivity index (χ2n) is 3.70. The van der Waals surface area contributed by atoms with Crippen LogP contribution in [0.5, 0.6) is 0 Å². The van der Waals surface area contributed by atoms with Crippen molar-refractivity contribution in [3.8, 4) is 0 Å². The fraction of sp³-hybridized carbons (Fsp3) is 0.545. The minimum absolute atomic E-state index is 0.0528. The van der Waals surface area contributed by atoms with Crippen molar-refractivity contribution < 1.29 is 14.3 Å². The highest BCUT2D eigenvalue weighted by atomic mass is 16.5. The van der Waals surface area contributed by atoms with Crippen molar-refractivity contribution in [1.82, 2.24) is 14.7 Å². The quantitative estimate of drug-likeness (QED) is 0.714. The van der Waals surface area contributed by atoms with E-state index in [1.54, 1.807) is 4.90 Å². The van der Waals surface area contributed by atoms with Gasteiger partial charge in [-0.2, -0.15) is 5.10 Å². The highest BCUT2D eigenvalue weighted by Crippen LogP contribution is 1.98. The lowest BCUT2D eigenvalue weighted by atomic mass is 10.4. The molecule has 7 nitrogen and oxygen atoms in total. The summed E-state index contributed by atoms with van der Waals surface area (Å²) in [6.45, 7) is 4.65. The molecular formula is C11H18N4O3. The van der Waals surface area contributed by atoms with Gasteiger partial charge >= 0.3 is 5.97 Å². The van der Waals surface area contributed by atoms with Crippen LogP contribution in [0, 0.1) is 0 Å². The smallest absolute Gasteiger partial charge is 0.328 e. The molecular weight excluding hydrogens is 236 g/mol. The van der Waals surface area contributed by atoms with Crippen LogP contribution in [-0.4, -0.2) is 46.3 Å². The molecule has 1 aromatic heterocycles. The molecule has 2 N–H and O–H groups in total. The van der Waals surface area contributed by atoms with Gasteiger partial charge in [0.05, 0.1) is 11.9 Å². The predicted molar refractivity (Wildman–Crippen MR) is 65.5 cm³/mol. The summed E-state index contributed by atoms with van der Waals surface area (Å²) in [7, 11) is 0. The molecule has 0 bridgehead atoms. The second kappa shape index (κ2) is 6.63. The number of carbonyl (C=O) groups is 2. The Labute approximate surface area is 105 Å². The Kier molecular flexibility index (Phi) is 5.16. The Morgan fingerprint density at radius 2 is 2.11 bits per heavy atom. The van der Waals surface area contributed by atoms with Crippen molar-refractivity contribution in [2.45, 2.75) is 20.4 Å². The monoisotopic (exact) mass is 254 g/mol. The van der Waals surface area contributed by atoms with Crippen molar-refractivity contribution >= 4 is 17.6 Å². The lowest BCUT2D eigenvalue weighted by Gasteiger charge is -2.18. The third-order valence-electron chi connectivity index (χ3n) is 2.42. The van der Waals surface area contributed by atoms with Crippen LogP contribution in [0.1, 0.15) is 13.8 Å². The third kappa shape index (κ3) is 4.08. The number of nitrogens with two attached hydrogens (primary N) is 1. The van der Waals surface area contributed by atoms with Crippen LogP contribution < -0.4 is 5.73 Å². The van der Waals surface area contributed by atoms with E-state index in [0.717, 1.165) is 0 Å². The van der Waals surface area contributed by atoms with Gasteiger partial charge in [-0.05, 0) is 13.8 Å². The lowest BCUT2D eigenvalue weighted by Crippen LogP contribution is -2.34. The number of hydrogen-bond acceptors (Lipinski definition) is 5. The minimum atomic E-state index is -0.515. The summed E-state index contributed by atoms with van der Waals surface area (Å²) in [6, 6.07) is 0. The van der Waals surface area contributed by atoms with E-state index in [1.807, 2.05) is 13.8 Å². The number of nitrogen functional groups attached to an aromatic ring is 1. The summed E-state index contributed by atoms with van der Waals surface area (Å²) in [5, 5.41) is 3.85. The fourth-order valence-corrected chi connectivity index (χ4v) is 1.45. The van der Waals surface area contributed by atoms with Gasteiger partial charge in [-0.15, -0.1) is 0 Å². The minimum Gasteiger partial charge on any atom is -0.454 e. The first-order valence-electron chi connectivity index (χ1n) is 5.78. The molecule has 0 aromatic carbocycles. The molecule has 0 unspecified atom stereocenters. The molecule has 1 aromatic rings. The maximum Gasteiger partial charge on any atom is 0.328 e. The Morgan fingerprint density at radius 3 is 2.61 bits per heavy atom. The number of rotatable bonds is 6. The first-order chi connectivity index (χ1) is 8.56. The van der Waals surface area contributed by atoms with Crippen LogP contribution in [0.2, 0.25) is 0 Å². The molecule has 0 aliphatic carbocycles. The zero-order chi connectivity index (χ0) is 13.5. The number of ether oxygens (including phenoxy) is 1. The van der Waals surface area contributed by atoms with E-state index in [0.29, 0.717) is 18.8 Å². The van der Waals surface area contributed by atoms with Crippen LogP contribution in [0.15, 0.2) is 12.4 Å². The summed E-state index contributed by atoms with van der Waals surface area (Å²) in [4.78, 5) is 24.6. The molecule has 100 valence electrons. The van der Waals surface area contributed by atoms with Gasteiger partial charge in [-0.1, -0.05) is 0 Å². The first kappa shape index (κ1) is 14.0. The van der Waals surface area contributed by atoms with Gasteiger partial charge in [0.2, 0.25) is 0 Å². The van der Waals surface area contributed by atoms with E-state index in [-0.39, 0.29) is 19.1 Å². The first-order valence-corrected chi connectivity index (χ1v) is 5.78. The number of aromatic nitrogens is 2. The maximum atomic E-state index is 11.6. The number of hydrogen-bond donors (Lipinski definition) is 1. The highest BCUT2D eigenvalue weighted by molar-refractivity contribution is 5.80. The Hall–Kier alpha value is -2.05. The van der Waals surface area contributed by atoms with Crippen molar-refractivity contribution in [3.05, 3.63) is 12.4 Å². The van der Waals surface area contributed by atoms with E-state index in [9.17, 15) is 9.59 Å². The largest absolute Gasteiger partial charge is 0.454 e. The molecule has 1 amide bonds. The summed E-state index contributed by atoms with van der Waals surface area (Å²) in [5.41, 5.74) is 5.93. The maximum absolute atomic E-state index is 11.6. The zero-order valence-electron chi connectivity index (χ0n) is 10.6. The van der Waals surface area contributed by atoms with E-state index in [1.165, 1.54) is 17.1 Å². The Morgan fingerprint density at radius 1 is 1.44 bits per heavy atom. The van der Waals surface area contributed by atoms with Crippen molar-refractivity contribution in [3.63, 3.8) is 0 Å². The standard InChI is InChI=1S/C11H18N4O3/c1-3-14(4-2)10(16)8-18-11(17)7-15-6-9(12)5-13-15/h5-6H,3-4,7-8,12H2,1-2H3. The zero-order valence-corrected chi connectivity index (χ0v) is 10.6. The van der Waals surface area contributed by atoms with Gasteiger partial charge in [0.25, 0.3) is 5.91 Å². The average Bonchev–Trinajstić information content (AvgIpc) is 2.73.